The normalized spacial score (nSPS) is 14.2. The molecule has 0 aliphatic carbocycles. The van der Waals surface area contributed by atoms with Crippen molar-refractivity contribution in [2.45, 2.75) is 57.8 Å². The molecule has 1 atom stereocenters. The minimum absolute atomic E-state index is 0.0106. The monoisotopic (exact) mass is 294 g/mol. The van der Waals surface area contributed by atoms with Gasteiger partial charge in [0.2, 0.25) is 5.24 Å². The lowest BCUT2D eigenvalue weighted by molar-refractivity contribution is -0.142. The van der Waals surface area contributed by atoms with Crippen molar-refractivity contribution in [1.29, 1.82) is 0 Å². The third-order valence-electron chi connectivity index (χ3n) is 3.28. The predicted molar refractivity (Wildman–Crippen MR) is 74.2 cm³/mol. The van der Waals surface area contributed by atoms with E-state index in [1.165, 1.54) is 7.11 Å². The zero-order chi connectivity index (χ0) is 14.6. The lowest BCUT2D eigenvalue weighted by atomic mass is 10.2. The molecule has 0 heterocycles. The molecule has 4 nitrogen and oxygen atoms in total. The van der Waals surface area contributed by atoms with Crippen LogP contribution in [0.4, 0.5) is 0 Å². The highest BCUT2D eigenvalue weighted by Crippen LogP contribution is 2.38. The number of hydrogen-bond donors (Lipinski definition) is 0. The molecule has 18 heavy (non-hydrogen) atoms. The Morgan fingerprint density at radius 1 is 1.22 bits per heavy atom. The van der Waals surface area contributed by atoms with Gasteiger partial charge < -0.3 is 9.16 Å². The number of carbonyl (C=O) groups excluding carboxylic acids is 2. The number of esters is 1. The molecule has 106 valence electrons. The minimum atomic E-state index is -2.03. The van der Waals surface area contributed by atoms with Crippen molar-refractivity contribution in [3.05, 3.63) is 0 Å². The van der Waals surface area contributed by atoms with Gasteiger partial charge in [0.15, 0.2) is 8.32 Å². The third-order valence-corrected chi connectivity index (χ3v) is 7.97. The summed E-state index contributed by atoms with van der Waals surface area (Å²) in [6, 6.07) is 0. The molecule has 0 saturated heterocycles. The van der Waals surface area contributed by atoms with Gasteiger partial charge in [-0.2, -0.15) is 0 Å². The van der Waals surface area contributed by atoms with Crippen molar-refractivity contribution in [3.8, 4) is 0 Å². The molecule has 0 fully saturated rings. The number of methoxy groups -OCH3 is 1. The van der Waals surface area contributed by atoms with Crippen LogP contribution in [0.2, 0.25) is 18.1 Å². The van der Waals surface area contributed by atoms with Gasteiger partial charge in [-0.1, -0.05) is 20.8 Å². The maximum absolute atomic E-state index is 11.3. The summed E-state index contributed by atoms with van der Waals surface area (Å²) in [6.45, 7) is 10.4. The van der Waals surface area contributed by atoms with Crippen LogP contribution in [0.5, 0.6) is 0 Å². The van der Waals surface area contributed by atoms with Crippen molar-refractivity contribution < 1.29 is 18.8 Å². The highest BCUT2D eigenvalue weighted by Gasteiger charge is 2.39. The zero-order valence-corrected chi connectivity index (χ0v) is 13.8. The van der Waals surface area contributed by atoms with Crippen LogP contribution < -0.4 is 0 Å². The number of halogens is 1. The molecule has 0 aromatic rings. The van der Waals surface area contributed by atoms with Gasteiger partial charge in [-0.3, -0.25) is 9.59 Å². The standard InChI is InChI=1S/C12H23ClO4Si/c1-12(2,3)18(5,6)17-9(7-10(13)14)8-11(15)16-4/h9H,7-8H2,1-6H3. The second-order valence-electron chi connectivity index (χ2n) is 5.84. The molecule has 6 heteroatoms. The first-order valence-corrected chi connectivity index (χ1v) is 9.21. The van der Waals surface area contributed by atoms with Crippen molar-refractivity contribution in [2.75, 3.05) is 7.11 Å². The highest BCUT2D eigenvalue weighted by molar-refractivity contribution is 6.74. The maximum Gasteiger partial charge on any atom is 0.308 e. The lowest BCUT2D eigenvalue weighted by Gasteiger charge is -2.38. The molecule has 0 aliphatic rings. The van der Waals surface area contributed by atoms with E-state index in [1.54, 1.807) is 0 Å². The van der Waals surface area contributed by atoms with Crippen LogP contribution in [0.25, 0.3) is 0 Å². The van der Waals surface area contributed by atoms with E-state index >= 15 is 0 Å². The van der Waals surface area contributed by atoms with Crippen LogP contribution in [0.3, 0.4) is 0 Å². The summed E-state index contributed by atoms with van der Waals surface area (Å²) in [6.07, 6.45) is -0.409. The smallest absolute Gasteiger partial charge is 0.308 e. The molecule has 0 amide bonds. The summed E-state index contributed by atoms with van der Waals surface area (Å²) in [5.74, 6) is -0.392. The first kappa shape index (κ1) is 17.6. The van der Waals surface area contributed by atoms with Gasteiger partial charge in [-0.15, -0.1) is 0 Å². The van der Waals surface area contributed by atoms with Crippen molar-refractivity contribution in [3.63, 3.8) is 0 Å². The fourth-order valence-electron chi connectivity index (χ4n) is 1.20. The Labute approximate surface area is 115 Å². The third kappa shape index (κ3) is 5.98. The van der Waals surface area contributed by atoms with Crippen LogP contribution in [-0.4, -0.2) is 32.7 Å². The van der Waals surface area contributed by atoms with Crippen LogP contribution in [0, 0.1) is 0 Å². The second-order valence-corrected chi connectivity index (χ2v) is 11.0. The molecule has 0 bridgehead atoms. The average molecular weight is 295 g/mol. The number of ether oxygens (including phenoxy) is 1. The van der Waals surface area contributed by atoms with E-state index in [0.717, 1.165) is 0 Å². The van der Waals surface area contributed by atoms with Crippen LogP contribution in [0.1, 0.15) is 33.6 Å². The quantitative estimate of drug-likeness (QED) is 0.429. The van der Waals surface area contributed by atoms with Gasteiger partial charge in [-0.25, -0.2) is 0 Å². The van der Waals surface area contributed by atoms with E-state index < -0.39 is 25.6 Å². The van der Waals surface area contributed by atoms with Gasteiger partial charge in [-0.05, 0) is 29.7 Å². The first-order valence-electron chi connectivity index (χ1n) is 5.92. The Bertz CT molecular complexity index is 310. The maximum atomic E-state index is 11.3. The molecule has 0 radical (unpaired) electrons. The summed E-state index contributed by atoms with van der Waals surface area (Å²) < 4.78 is 10.6. The van der Waals surface area contributed by atoms with Crippen LogP contribution in [-0.2, 0) is 18.8 Å². The van der Waals surface area contributed by atoms with Crippen molar-refractivity contribution in [1.82, 2.24) is 0 Å². The molecular weight excluding hydrogens is 272 g/mol. The highest BCUT2D eigenvalue weighted by atomic mass is 35.5. The topological polar surface area (TPSA) is 52.6 Å². The van der Waals surface area contributed by atoms with Gasteiger partial charge in [0, 0.05) is 6.42 Å². The summed E-state index contributed by atoms with van der Waals surface area (Å²) >= 11 is 5.39. The Morgan fingerprint density at radius 3 is 2.06 bits per heavy atom. The summed E-state index contributed by atoms with van der Waals surface area (Å²) in [4.78, 5) is 22.3. The van der Waals surface area contributed by atoms with E-state index in [0.29, 0.717) is 0 Å². The lowest BCUT2D eigenvalue weighted by Crippen LogP contribution is -2.44. The van der Waals surface area contributed by atoms with Gasteiger partial charge in [0.25, 0.3) is 0 Å². The molecule has 0 saturated carbocycles. The van der Waals surface area contributed by atoms with Gasteiger partial charge >= 0.3 is 5.97 Å². The Morgan fingerprint density at radius 2 is 1.72 bits per heavy atom. The molecule has 1 unspecified atom stereocenters. The Kier molecular flexibility index (Phi) is 6.53. The fourth-order valence-corrected chi connectivity index (χ4v) is 2.72. The summed E-state index contributed by atoms with van der Waals surface area (Å²) in [5, 5.41) is -0.487. The van der Waals surface area contributed by atoms with Crippen LogP contribution in [0.15, 0.2) is 0 Å². The minimum Gasteiger partial charge on any atom is -0.469 e. The number of rotatable bonds is 6. The number of hydrogen-bond acceptors (Lipinski definition) is 4. The van der Waals surface area contributed by atoms with E-state index in [4.69, 9.17) is 16.0 Å². The molecule has 0 N–H and O–H groups in total. The largest absolute Gasteiger partial charge is 0.469 e. The second kappa shape index (κ2) is 6.68. The van der Waals surface area contributed by atoms with Crippen molar-refractivity contribution in [2.24, 2.45) is 0 Å². The Hall–Kier alpha value is -0.393. The average Bonchev–Trinajstić information content (AvgIpc) is 2.13. The summed E-state index contributed by atoms with van der Waals surface area (Å²) in [7, 11) is -0.719. The van der Waals surface area contributed by atoms with E-state index in [-0.39, 0.29) is 17.9 Å². The molecule has 0 aliphatic heterocycles. The van der Waals surface area contributed by atoms with Crippen molar-refractivity contribution >= 4 is 31.1 Å². The molecule has 0 aromatic carbocycles. The zero-order valence-electron chi connectivity index (χ0n) is 12.0. The SMILES string of the molecule is COC(=O)CC(CC(=O)Cl)O[Si](C)(C)C(C)(C)C. The Balaban J connectivity index is 4.78. The molecule has 0 rings (SSSR count). The molecule has 0 aromatic heterocycles. The summed E-state index contributed by atoms with van der Waals surface area (Å²) in [5.41, 5.74) is 0. The number of carbonyl (C=O) groups is 2. The van der Waals surface area contributed by atoms with Gasteiger partial charge in [0.05, 0.1) is 19.6 Å². The van der Waals surface area contributed by atoms with E-state index in [9.17, 15) is 9.59 Å². The van der Waals surface area contributed by atoms with Crippen LogP contribution >= 0.6 is 11.6 Å². The van der Waals surface area contributed by atoms with E-state index in [2.05, 4.69) is 38.6 Å². The molecular formula is C12H23ClO4Si. The first-order chi connectivity index (χ1) is 7.99. The van der Waals surface area contributed by atoms with Gasteiger partial charge in [0.1, 0.15) is 0 Å². The fraction of sp³-hybridized carbons (Fsp3) is 0.833. The molecule has 0 spiro atoms. The van der Waals surface area contributed by atoms with E-state index in [1.807, 2.05) is 0 Å². The predicted octanol–water partition coefficient (Wildman–Crippen LogP) is 3.10.